The molecule has 0 radical (unpaired) electrons. The van der Waals surface area contributed by atoms with Gasteiger partial charge in [0.1, 0.15) is 5.82 Å². The van der Waals surface area contributed by atoms with Gasteiger partial charge >= 0.3 is 0 Å². The van der Waals surface area contributed by atoms with Gasteiger partial charge in [0, 0.05) is 73.6 Å². The van der Waals surface area contributed by atoms with Crippen LogP contribution in [0.3, 0.4) is 0 Å². The van der Waals surface area contributed by atoms with E-state index in [9.17, 15) is 4.79 Å². The number of nitrogens with one attached hydrogen (secondary N) is 3. The maximum Gasteiger partial charge on any atom is 0.251 e. The standard InChI is InChI=1S/C28H30N6O/c1-28(2)17-32-27(35)22-4-3-18(13-24(22)28)21-5-6-25-23(21)14-20(16-31-25)33-19-7-8-30-26(15-19)34-11-9-29-10-12-34/h3-5,7-8,13-16,29H,6,9-12,17H2,1-2H3,(H,30,33)(H,32,35). The Morgan fingerprint density at radius 3 is 2.71 bits per heavy atom. The number of hydrogen-bond donors (Lipinski definition) is 3. The topological polar surface area (TPSA) is 82.2 Å². The highest BCUT2D eigenvalue weighted by atomic mass is 16.1. The van der Waals surface area contributed by atoms with E-state index in [0.29, 0.717) is 6.54 Å². The molecule has 0 unspecified atom stereocenters. The van der Waals surface area contributed by atoms with E-state index in [0.717, 1.165) is 77.7 Å². The van der Waals surface area contributed by atoms with Crippen molar-refractivity contribution in [2.24, 2.45) is 0 Å². The predicted octanol–water partition coefficient (Wildman–Crippen LogP) is 3.64. The highest BCUT2D eigenvalue weighted by Crippen LogP contribution is 2.37. The molecule has 4 heterocycles. The molecule has 7 heteroatoms. The van der Waals surface area contributed by atoms with Crippen molar-refractivity contribution in [3.8, 4) is 0 Å². The minimum absolute atomic E-state index is 0.0114. The van der Waals surface area contributed by atoms with E-state index in [1.807, 2.05) is 24.5 Å². The first-order chi connectivity index (χ1) is 17.0. The van der Waals surface area contributed by atoms with E-state index in [-0.39, 0.29) is 11.3 Å². The summed E-state index contributed by atoms with van der Waals surface area (Å²) in [5, 5.41) is 9.92. The van der Waals surface area contributed by atoms with E-state index >= 15 is 0 Å². The lowest BCUT2D eigenvalue weighted by molar-refractivity contribution is 0.0930. The number of carbonyl (C=O) groups excluding carboxylic acids is 1. The van der Waals surface area contributed by atoms with Crippen LogP contribution < -0.4 is 20.9 Å². The zero-order chi connectivity index (χ0) is 24.0. The van der Waals surface area contributed by atoms with Gasteiger partial charge in [-0.1, -0.05) is 26.0 Å². The summed E-state index contributed by atoms with van der Waals surface area (Å²) in [5.41, 5.74) is 8.26. The monoisotopic (exact) mass is 466 g/mol. The summed E-state index contributed by atoms with van der Waals surface area (Å²) in [6.07, 6.45) is 6.82. The Kier molecular flexibility index (Phi) is 5.29. The number of anilines is 3. The highest BCUT2D eigenvalue weighted by molar-refractivity contribution is 5.98. The fraction of sp³-hybridized carbons (Fsp3) is 0.321. The van der Waals surface area contributed by atoms with Gasteiger partial charge in [-0.25, -0.2) is 4.98 Å². The van der Waals surface area contributed by atoms with Crippen LogP contribution in [0.4, 0.5) is 17.2 Å². The lowest BCUT2D eigenvalue weighted by Gasteiger charge is -2.33. The molecule has 1 aromatic carbocycles. The number of rotatable bonds is 4. The number of allylic oxidation sites excluding steroid dienone is 1. The molecule has 0 bridgehead atoms. The largest absolute Gasteiger partial charge is 0.354 e. The summed E-state index contributed by atoms with van der Waals surface area (Å²) >= 11 is 0. The fourth-order valence-corrected chi connectivity index (χ4v) is 5.23. The molecule has 2 aromatic heterocycles. The Hall–Kier alpha value is -3.71. The average Bonchev–Trinajstić information content (AvgIpc) is 3.30. The second kappa shape index (κ2) is 8.50. The first-order valence-corrected chi connectivity index (χ1v) is 12.3. The molecular weight excluding hydrogens is 436 g/mol. The molecule has 0 atom stereocenters. The molecule has 1 amide bonds. The Balaban J connectivity index is 1.28. The SMILES string of the molecule is CC1(C)CNC(=O)c2ccc(C3=CCc4ncc(Nc5ccnc(N6CCNCC6)c5)cc43)cc21. The van der Waals surface area contributed by atoms with Gasteiger partial charge < -0.3 is 20.9 Å². The smallest absolute Gasteiger partial charge is 0.251 e. The minimum atomic E-state index is -0.105. The Morgan fingerprint density at radius 1 is 1.00 bits per heavy atom. The van der Waals surface area contributed by atoms with Crippen molar-refractivity contribution in [2.45, 2.75) is 25.7 Å². The van der Waals surface area contributed by atoms with Crippen molar-refractivity contribution in [1.82, 2.24) is 20.6 Å². The van der Waals surface area contributed by atoms with Crippen LogP contribution in [0.5, 0.6) is 0 Å². The maximum absolute atomic E-state index is 12.4. The Labute approximate surface area is 205 Å². The minimum Gasteiger partial charge on any atom is -0.354 e. The third-order valence-corrected chi connectivity index (χ3v) is 7.23. The number of nitrogens with zero attached hydrogens (tertiary/aromatic N) is 3. The van der Waals surface area contributed by atoms with E-state index in [1.165, 1.54) is 5.57 Å². The average molecular weight is 467 g/mol. The molecule has 7 nitrogen and oxygen atoms in total. The molecule has 1 saturated heterocycles. The third kappa shape index (κ3) is 4.06. The van der Waals surface area contributed by atoms with E-state index in [2.05, 4.69) is 70.0 Å². The summed E-state index contributed by atoms with van der Waals surface area (Å²) in [6, 6.07) is 12.5. The van der Waals surface area contributed by atoms with Crippen molar-refractivity contribution in [3.05, 3.63) is 82.8 Å². The third-order valence-electron chi connectivity index (χ3n) is 7.23. The van der Waals surface area contributed by atoms with Crippen LogP contribution in [0.1, 0.15) is 46.6 Å². The van der Waals surface area contributed by atoms with Gasteiger partial charge in [0.25, 0.3) is 5.91 Å². The van der Waals surface area contributed by atoms with Crippen LogP contribution in [0.2, 0.25) is 0 Å². The number of fused-ring (bicyclic) bond motifs is 2. The molecule has 1 aliphatic carbocycles. The van der Waals surface area contributed by atoms with Gasteiger partial charge in [0.15, 0.2) is 0 Å². The first kappa shape index (κ1) is 21.8. The summed E-state index contributed by atoms with van der Waals surface area (Å²) in [6.45, 7) is 8.89. The Morgan fingerprint density at radius 2 is 1.86 bits per heavy atom. The van der Waals surface area contributed by atoms with Crippen LogP contribution in [0.15, 0.2) is 54.9 Å². The molecule has 0 saturated carbocycles. The van der Waals surface area contributed by atoms with E-state index in [4.69, 9.17) is 4.98 Å². The van der Waals surface area contributed by atoms with E-state index in [1.54, 1.807) is 0 Å². The van der Waals surface area contributed by atoms with Crippen LogP contribution in [0, 0.1) is 0 Å². The second-order valence-corrected chi connectivity index (χ2v) is 10.1. The number of pyridine rings is 2. The zero-order valence-electron chi connectivity index (χ0n) is 20.2. The first-order valence-electron chi connectivity index (χ1n) is 12.3. The quantitative estimate of drug-likeness (QED) is 0.545. The Bertz CT molecular complexity index is 1340. The van der Waals surface area contributed by atoms with Gasteiger partial charge in [0.2, 0.25) is 0 Å². The van der Waals surface area contributed by atoms with Crippen LogP contribution >= 0.6 is 0 Å². The molecule has 178 valence electrons. The molecule has 3 aliphatic rings. The zero-order valence-corrected chi connectivity index (χ0v) is 20.2. The van der Waals surface area contributed by atoms with Gasteiger partial charge in [-0.3, -0.25) is 9.78 Å². The van der Waals surface area contributed by atoms with Crippen molar-refractivity contribution in [3.63, 3.8) is 0 Å². The van der Waals surface area contributed by atoms with Gasteiger partial charge in [-0.15, -0.1) is 0 Å². The number of amides is 1. The van der Waals surface area contributed by atoms with Crippen LogP contribution in [-0.2, 0) is 11.8 Å². The number of benzene rings is 1. The normalized spacial score (nSPS) is 18.4. The van der Waals surface area contributed by atoms with Crippen molar-refractivity contribution in [1.29, 1.82) is 0 Å². The summed E-state index contributed by atoms with van der Waals surface area (Å²) < 4.78 is 0. The molecule has 1 fully saturated rings. The predicted molar refractivity (Wildman–Crippen MR) is 139 cm³/mol. The van der Waals surface area contributed by atoms with Crippen molar-refractivity contribution in [2.75, 3.05) is 42.9 Å². The fourth-order valence-electron chi connectivity index (χ4n) is 5.23. The van der Waals surface area contributed by atoms with Crippen LogP contribution in [0.25, 0.3) is 5.57 Å². The molecular formula is C28H30N6O. The molecule has 2 aliphatic heterocycles. The molecule has 0 spiro atoms. The lowest BCUT2D eigenvalue weighted by atomic mass is 9.77. The van der Waals surface area contributed by atoms with Crippen molar-refractivity contribution < 1.29 is 4.79 Å². The van der Waals surface area contributed by atoms with Gasteiger partial charge in [0.05, 0.1) is 17.6 Å². The highest BCUT2D eigenvalue weighted by Gasteiger charge is 2.32. The van der Waals surface area contributed by atoms with Gasteiger partial charge in [-0.05, 0) is 41.0 Å². The van der Waals surface area contributed by atoms with Gasteiger partial charge in [-0.2, -0.15) is 0 Å². The lowest BCUT2D eigenvalue weighted by Crippen LogP contribution is -2.43. The molecule has 6 rings (SSSR count). The summed E-state index contributed by atoms with van der Waals surface area (Å²) in [7, 11) is 0. The summed E-state index contributed by atoms with van der Waals surface area (Å²) in [4.78, 5) is 24.0. The second-order valence-electron chi connectivity index (χ2n) is 10.1. The van der Waals surface area contributed by atoms with Crippen molar-refractivity contribution >= 4 is 28.7 Å². The van der Waals surface area contributed by atoms with E-state index < -0.39 is 0 Å². The number of aromatic nitrogens is 2. The number of carbonyl (C=O) groups is 1. The number of piperazine rings is 1. The molecule has 35 heavy (non-hydrogen) atoms. The molecule has 3 N–H and O–H groups in total. The number of hydrogen-bond acceptors (Lipinski definition) is 6. The molecule has 3 aromatic rings. The maximum atomic E-state index is 12.4. The summed E-state index contributed by atoms with van der Waals surface area (Å²) in [5.74, 6) is 1.00. The van der Waals surface area contributed by atoms with Crippen LogP contribution in [-0.4, -0.2) is 48.6 Å².